The average molecular weight is 373 g/mol. The number of hydrogen-bond acceptors (Lipinski definition) is 5. The van der Waals surface area contributed by atoms with E-state index in [9.17, 15) is 5.11 Å². The van der Waals surface area contributed by atoms with Crippen molar-refractivity contribution in [2.75, 3.05) is 32.8 Å². The van der Waals surface area contributed by atoms with Gasteiger partial charge in [-0.2, -0.15) is 5.10 Å². The number of aryl methyl sites for hydroxylation is 1. The van der Waals surface area contributed by atoms with Crippen LogP contribution in [0.1, 0.15) is 31.2 Å². The van der Waals surface area contributed by atoms with Crippen molar-refractivity contribution >= 4 is 0 Å². The summed E-state index contributed by atoms with van der Waals surface area (Å²) in [7, 11) is 0. The summed E-state index contributed by atoms with van der Waals surface area (Å²) in [5, 5.41) is 17.8. The van der Waals surface area contributed by atoms with Gasteiger partial charge in [0.25, 0.3) is 0 Å². The Kier molecular flexibility index (Phi) is 8.14. The fourth-order valence-corrected chi connectivity index (χ4v) is 3.42. The number of aliphatic hydroxyl groups excluding tert-OH is 1. The summed E-state index contributed by atoms with van der Waals surface area (Å²) in [5.41, 5.74) is 1.23. The molecule has 0 amide bonds. The third kappa shape index (κ3) is 7.33. The molecule has 2 heterocycles. The van der Waals surface area contributed by atoms with Gasteiger partial charge in [0.05, 0.1) is 0 Å². The topological polar surface area (TPSA) is 62.6 Å². The number of likely N-dealkylation sites (tertiary alicyclic amines) is 1. The molecule has 1 aromatic carbocycles. The van der Waals surface area contributed by atoms with E-state index in [1.807, 2.05) is 35.3 Å². The first-order valence-corrected chi connectivity index (χ1v) is 10.1. The molecular formula is C21H32N4O2. The molecule has 1 aliphatic heterocycles. The maximum atomic E-state index is 10.2. The molecule has 0 saturated carbocycles. The second-order valence-electron chi connectivity index (χ2n) is 7.27. The van der Waals surface area contributed by atoms with E-state index in [1.54, 1.807) is 0 Å². The van der Waals surface area contributed by atoms with Gasteiger partial charge in [-0.05, 0) is 62.7 Å². The number of nitrogens with one attached hydrogen (secondary N) is 1. The number of β-amino-alcohol motifs (C(OH)–C–C–N with tert-alkyl or cyclic N) is 1. The fourth-order valence-electron chi connectivity index (χ4n) is 3.42. The van der Waals surface area contributed by atoms with Crippen LogP contribution in [0.4, 0.5) is 0 Å². The smallest absolute Gasteiger partial charge is 0.119 e. The summed E-state index contributed by atoms with van der Waals surface area (Å²) in [5.74, 6) is 0.815. The molecule has 6 heteroatoms. The minimum absolute atomic E-state index is 0.349. The maximum Gasteiger partial charge on any atom is 0.119 e. The van der Waals surface area contributed by atoms with E-state index in [-0.39, 0.29) is 0 Å². The molecular weight excluding hydrogens is 340 g/mol. The van der Waals surface area contributed by atoms with Crippen LogP contribution in [0.5, 0.6) is 5.75 Å². The number of rotatable bonds is 11. The molecule has 1 aromatic heterocycles. The summed E-state index contributed by atoms with van der Waals surface area (Å²) in [6.07, 6.45) is 8.22. The Morgan fingerprint density at radius 3 is 2.70 bits per heavy atom. The molecule has 1 fully saturated rings. The molecule has 1 atom stereocenters. The molecule has 27 heavy (non-hydrogen) atoms. The molecule has 1 aliphatic rings. The highest BCUT2D eigenvalue weighted by Gasteiger charge is 2.14. The van der Waals surface area contributed by atoms with Gasteiger partial charge in [-0.3, -0.25) is 4.68 Å². The van der Waals surface area contributed by atoms with E-state index in [4.69, 9.17) is 4.74 Å². The predicted octanol–water partition coefficient (Wildman–Crippen LogP) is 2.29. The minimum atomic E-state index is -0.431. The number of benzene rings is 1. The largest absolute Gasteiger partial charge is 0.491 e. The van der Waals surface area contributed by atoms with Crippen LogP contribution in [0.25, 0.3) is 0 Å². The third-order valence-corrected chi connectivity index (χ3v) is 4.91. The Balaban J connectivity index is 1.28. The Morgan fingerprint density at radius 1 is 1.15 bits per heavy atom. The number of piperidine rings is 1. The lowest BCUT2D eigenvalue weighted by Gasteiger charge is -2.28. The summed E-state index contributed by atoms with van der Waals surface area (Å²) < 4.78 is 7.69. The highest BCUT2D eigenvalue weighted by molar-refractivity contribution is 5.27. The van der Waals surface area contributed by atoms with Gasteiger partial charge in [0.1, 0.15) is 18.5 Å². The van der Waals surface area contributed by atoms with Crippen molar-refractivity contribution in [3.8, 4) is 5.75 Å². The first-order valence-electron chi connectivity index (χ1n) is 10.1. The molecule has 0 unspecified atom stereocenters. The Bertz CT molecular complexity index is 624. The van der Waals surface area contributed by atoms with Crippen LogP contribution in [0, 0.1) is 0 Å². The standard InChI is InChI=1S/C21H32N4O2/c26-20(17-24-12-2-1-3-13-24)18-27-21-8-6-19(7-9-21)16-22-10-4-14-25-15-5-11-23-25/h5-9,11,15,20,22,26H,1-4,10,12-14,16-18H2/t20-/m1/s1. The number of ether oxygens (including phenoxy) is 1. The van der Waals surface area contributed by atoms with Crippen LogP contribution < -0.4 is 10.1 Å². The number of aliphatic hydroxyl groups is 1. The summed E-state index contributed by atoms with van der Waals surface area (Å²) >= 11 is 0. The van der Waals surface area contributed by atoms with Gasteiger partial charge < -0.3 is 20.1 Å². The Hall–Kier alpha value is -1.89. The number of hydrogen-bond donors (Lipinski definition) is 2. The van der Waals surface area contributed by atoms with E-state index < -0.39 is 6.10 Å². The van der Waals surface area contributed by atoms with Crippen molar-refractivity contribution in [1.29, 1.82) is 0 Å². The Morgan fingerprint density at radius 2 is 1.96 bits per heavy atom. The summed E-state index contributed by atoms with van der Waals surface area (Å²) in [6, 6.07) is 10.1. The highest BCUT2D eigenvalue weighted by Crippen LogP contribution is 2.13. The number of nitrogens with zero attached hydrogens (tertiary/aromatic N) is 3. The zero-order chi connectivity index (χ0) is 18.7. The summed E-state index contributed by atoms with van der Waals surface area (Å²) in [4.78, 5) is 2.33. The second kappa shape index (κ2) is 11.1. The molecule has 3 rings (SSSR count). The van der Waals surface area contributed by atoms with E-state index in [0.29, 0.717) is 13.2 Å². The molecule has 0 spiro atoms. The van der Waals surface area contributed by atoms with Gasteiger partial charge >= 0.3 is 0 Å². The molecule has 148 valence electrons. The van der Waals surface area contributed by atoms with Crippen LogP contribution in [0.3, 0.4) is 0 Å². The van der Waals surface area contributed by atoms with Crippen molar-refractivity contribution in [1.82, 2.24) is 20.0 Å². The van der Waals surface area contributed by atoms with Crippen LogP contribution in [-0.2, 0) is 13.1 Å². The van der Waals surface area contributed by atoms with E-state index in [1.165, 1.54) is 24.8 Å². The maximum absolute atomic E-state index is 10.2. The van der Waals surface area contributed by atoms with Crippen LogP contribution in [0.15, 0.2) is 42.7 Å². The lowest BCUT2D eigenvalue weighted by molar-refractivity contribution is 0.0617. The molecule has 2 aromatic rings. The SMILES string of the molecule is O[C@@H](COc1ccc(CNCCCn2cccn2)cc1)CN1CCCCC1. The molecule has 2 N–H and O–H groups in total. The van der Waals surface area contributed by atoms with Gasteiger partial charge in [-0.25, -0.2) is 0 Å². The van der Waals surface area contributed by atoms with Gasteiger partial charge in [-0.1, -0.05) is 18.6 Å². The van der Waals surface area contributed by atoms with Crippen molar-refractivity contribution in [3.63, 3.8) is 0 Å². The fraction of sp³-hybridized carbons (Fsp3) is 0.571. The molecule has 0 bridgehead atoms. The molecule has 0 aliphatic carbocycles. The molecule has 1 saturated heterocycles. The van der Waals surface area contributed by atoms with Gasteiger partial charge in [0, 0.05) is 32.0 Å². The third-order valence-electron chi connectivity index (χ3n) is 4.91. The van der Waals surface area contributed by atoms with Gasteiger partial charge in [-0.15, -0.1) is 0 Å². The van der Waals surface area contributed by atoms with E-state index >= 15 is 0 Å². The quantitative estimate of drug-likeness (QED) is 0.593. The van der Waals surface area contributed by atoms with Crippen LogP contribution >= 0.6 is 0 Å². The first kappa shape index (κ1) is 19.9. The van der Waals surface area contributed by atoms with Crippen molar-refractivity contribution < 1.29 is 9.84 Å². The number of aromatic nitrogens is 2. The van der Waals surface area contributed by atoms with E-state index in [2.05, 4.69) is 27.4 Å². The normalized spacial score (nSPS) is 16.3. The van der Waals surface area contributed by atoms with Gasteiger partial charge in [0.15, 0.2) is 0 Å². The molecule has 6 nitrogen and oxygen atoms in total. The Labute approximate surface area is 162 Å². The van der Waals surface area contributed by atoms with Crippen molar-refractivity contribution in [3.05, 3.63) is 48.3 Å². The van der Waals surface area contributed by atoms with Gasteiger partial charge in [0.2, 0.25) is 0 Å². The lowest BCUT2D eigenvalue weighted by atomic mass is 10.1. The predicted molar refractivity (Wildman–Crippen MR) is 107 cm³/mol. The minimum Gasteiger partial charge on any atom is -0.491 e. The van der Waals surface area contributed by atoms with Crippen LogP contribution in [-0.4, -0.2) is 58.7 Å². The van der Waals surface area contributed by atoms with Crippen molar-refractivity contribution in [2.24, 2.45) is 0 Å². The first-order chi connectivity index (χ1) is 13.3. The van der Waals surface area contributed by atoms with Crippen molar-refractivity contribution in [2.45, 2.75) is 44.9 Å². The van der Waals surface area contributed by atoms with Crippen LogP contribution in [0.2, 0.25) is 0 Å². The second-order valence-corrected chi connectivity index (χ2v) is 7.27. The highest BCUT2D eigenvalue weighted by atomic mass is 16.5. The monoisotopic (exact) mass is 372 g/mol. The zero-order valence-electron chi connectivity index (χ0n) is 16.1. The molecule has 0 radical (unpaired) electrons. The average Bonchev–Trinajstić information content (AvgIpc) is 3.21. The zero-order valence-corrected chi connectivity index (χ0v) is 16.1. The van der Waals surface area contributed by atoms with E-state index in [0.717, 1.165) is 44.9 Å². The lowest BCUT2D eigenvalue weighted by Crippen LogP contribution is -2.38. The summed E-state index contributed by atoms with van der Waals surface area (Å²) in [6.45, 7) is 5.99.